The summed E-state index contributed by atoms with van der Waals surface area (Å²) in [6.07, 6.45) is 3.21. The van der Waals surface area contributed by atoms with E-state index in [1.807, 2.05) is 0 Å². The van der Waals surface area contributed by atoms with Gasteiger partial charge in [-0.2, -0.15) is 0 Å². The summed E-state index contributed by atoms with van der Waals surface area (Å²) in [6, 6.07) is 13.3. The van der Waals surface area contributed by atoms with Crippen LogP contribution in [0, 0.1) is 0 Å². The van der Waals surface area contributed by atoms with Gasteiger partial charge in [0, 0.05) is 17.7 Å². The molecule has 2 aromatic rings. The normalized spacial score (nSPS) is 11.6. The van der Waals surface area contributed by atoms with Crippen molar-refractivity contribution in [2.45, 2.75) is 13.3 Å². The molecule has 100 valence electrons. The van der Waals surface area contributed by atoms with E-state index in [-0.39, 0.29) is 0 Å². The standard InChI is InChI=1S/C17H24N2/c1-6-14-11-12-18(2)17(13-14)15-7-9-16(10-8-15)19(3,4)5/h7-13H,6H2,1-5H3/q+2. The molecule has 2 rings (SSSR count). The third-order valence-corrected chi connectivity index (χ3v) is 3.56. The van der Waals surface area contributed by atoms with Gasteiger partial charge in [-0.15, -0.1) is 0 Å². The zero-order valence-corrected chi connectivity index (χ0v) is 12.6. The highest BCUT2D eigenvalue weighted by molar-refractivity contribution is 5.60. The molecule has 0 aliphatic heterocycles. The zero-order chi connectivity index (χ0) is 14.0. The van der Waals surface area contributed by atoms with Gasteiger partial charge in [0.1, 0.15) is 12.7 Å². The Hall–Kier alpha value is -1.67. The van der Waals surface area contributed by atoms with Gasteiger partial charge in [-0.3, -0.25) is 4.48 Å². The van der Waals surface area contributed by atoms with Gasteiger partial charge in [-0.05, 0) is 36.2 Å². The number of pyridine rings is 1. The number of hydrogen-bond acceptors (Lipinski definition) is 0. The number of aryl methyl sites for hydroxylation is 2. The minimum Gasteiger partial charge on any atom is -0.298 e. The Morgan fingerprint density at radius 3 is 2.16 bits per heavy atom. The Labute approximate surface area is 116 Å². The Morgan fingerprint density at radius 2 is 1.63 bits per heavy atom. The van der Waals surface area contributed by atoms with E-state index in [0.717, 1.165) is 10.9 Å². The van der Waals surface area contributed by atoms with Crippen molar-refractivity contribution < 1.29 is 4.57 Å². The van der Waals surface area contributed by atoms with Crippen molar-refractivity contribution in [1.29, 1.82) is 0 Å². The van der Waals surface area contributed by atoms with Crippen LogP contribution in [-0.4, -0.2) is 21.1 Å². The molecule has 0 aliphatic rings. The van der Waals surface area contributed by atoms with Crippen molar-refractivity contribution in [3.05, 3.63) is 48.2 Å². The Balaban J connectivity index is 2.42. The summed E-state index contributed by atoms with van der Waals surface area (Å²) in [7, 11) is 8.66. The summed E-state index contributed by atoms with van der Waals surface area (Å²) in [5.41, 5.74) is 5.24. The molecular weight excluding hydrogens is 232 g/mol. The van der Waals surface area contributed by atoms with Crippen molar-refractivity contribution in [2.24, 2.45) is 7.05 Å². The van der Waals surface area contributed by atoms with Gasteiger partial charge in [-0.1, -0.05) is 6.92 Å². The monoisotopic (exact) mass is 256 g/mol. The van der Waals surface area contributed by atoms with Crippen LogP contribution in [0.4, 0.5) is 5.69 Å². The van der Waals surface area contributed by atoms with Crippen molar-refractivity contribution in [2.75, 3.05) is 21.1 Å². The molecule has 0 unspecified atom stereocenters. The molecule has 0 saturated heterocycles. The number of hydrogen-bond donors (Lipinski definition) is 0. The molecule has 0 saturated carbocycles. The van der Waals surface area contributed by atoms with Crippen molar-refractivity contribution in [1.82, 2.24) is 4.48 Å². The zero-order valence-electron chi connectivity index (χ0n) is 12.6. The van der Waals surface area contributed by atoms with Crippen LogP contribution in [0.25, 0.3) is 11.3 Å². The fourth-order valence-electron chi connectivity index (χ4n) is 2.20. The van der Waals surface area contributed by atoms with Gasteiger partial charge < -0.3 is 0 Å². The average Bonchev–Trinajstić information content (AvgIpc) is 2.38. The first kappa shape index (κ1) is 13.8. The number of quaternary nitrogens is 1. The topological polar surface area (TPSA) is 3.88 Å². The SMILES string of the molecule is CCc1cc[n+](C)c(-c2ccc([N+](C)(C)C)cc2)c1. The molecule has 1 heterocycles. The van der Waals surface area contributed by atoms with Crippen LogP contribution in [0.2, 0.25) is 0 Å². The molecule has 0 spiro atoms. The van der Waals surface area contributed by atoms with Gasteiger partial charge in [0.05, 0.1) is 21.1 Å². The quantitative estimate of drug-likeness (QED) is 0.587. The van der Waals surface area contributed by atoms with E-state index >= 15 is 0 Å². The summed E-state index contributed by atoms with van der Waals surface area (Å²) in [5, 5.41) is 0. The van der Waals surface area contributed by atoms with Gasteiger partial charge in [0.25, 0.3) is 0 Å². The van der Waals surface area contributed by atoms with E-state index in [2.05, 4.69) is 82.3 Å². The second kappa shape index (κ2) is 5.14. The fraction of sp³-hybridized carbons (Fsp3) is 0.353. The Morgan fingerprint density at radius 1 is 1.00 bits per heavy atom. The van der Waals surface area contributed by atoms with E-state index in [1.165, 1.54) is 22.5 Å². The van der Waals surface area contributed by atoms with Crippen LogP contribution >= 0.6 is 0 Å². The van der Waals surface area contributed by atoms with Crippen molar-refractivity contribution >= 4 is 5.69 Å². The molecule has 0 aliphatic carbocycles. The second-order valence-corrected chi connectivity index (χ2v) is 5.94. The molecule has 19 heavy (non-hydrogen) atoms. The fourth-order valence-corrected chi connectivity index (χ4v) is 2.20. The maximum Gasteiger partial charge on any atom is 0.212 e. The molecule has 1 aromatic carbocycles. The summed E-state index contributed by atoms with van der Waals surface area (Å²) >= 11 is 0. The van der Waals surface area contributed by atoms with Crippen molar-refractivity contribution in [3.63, 3.8) is 0 Å². The average molecular weight is 256 g/mol. The summed E-state index contributed by atoms with van der Waals surface area (Å²) < 4.78 is 3.03. The molecule has 2 nitrogen and oxygen atoms in total. The van der Waals surface area contributed by atoms with Gasteiger partial charge in [0.15, 0.2) is 6.20 Å². The third-order valence-electron chi connectivity index (χ3n) is 3.56. The molecule has 0 bridgehead atoms. The number of rotatable bonds is 3. The van der Waals surface area contributed by atoms with Crippen LogP contribution in [0.1, 0.15) is 12.5 Å². The van der Waals surface area contributed by atoms with E-state index in [9.17, 15) is 0 Å². The van der Waals surface area contributed by atoms with Gasteiger partial charge >= 0.3 is 0 Å². The first-order chi connectivity index (χ1) is 8.91. The Bertz CT molecular complexity index is 563. The van der Waals surface area contributed by atoms with Gasteiger partial charge in [0.2, 0.25) is 5.69 Å². The van der Waals surface area contributed by atoms with Crippen LogP contribution in [-0.2, 0) is 13.5 Å². The molecular formula is C17H24N2+2. The molecule has 0 fully saturated rings. The molecule has 1 aromatic heterocycles. The molecule has 0 N–H and O–H groups in total. The molecule has 2 heteroatoms. The predicted molar refractivity (Wildman–Crippen MR) is 82.0 cm³/mol. The maximum atomic E-state index is 2.28. The van der Waals surface area contributed by atoms with Crippen LogP contribution < -0.4 is 9.05 Å². The summed E-state index contributed by atoms with van der Waals surface area (Å²) in [6.45, 7) is 2.19. The number of benzene rings is 1. The minimum atomic E-state index is 0.849. The predicted octanol–water partition coefficient (Wildman–Crippen LogP) is 2.94. The van der Waals surface area contributed by atoms with Gasteiger partial charge in [-0.25, -0.2) is 4.57 Å². The minimum absolute atomic E-state index is 0.849. The highest BCUT2D eigenvalue weighted by Gasteiger charge is 2.14. The highest BCUT2D eigenvalue weighted by atomic mass is 15.3. The van der Waals surface area contributed by atoms with E-state index in [4.69, 9.17) is 0 Å². The largest absolute Gasteiger partial charge is 0.298 e. The van der Waals surface area contributed by atoms with Crippen LogP contribution in [0.5, 0.6) is 0 Å². The first-order valence-corrected chi connectivity index (χ1v) is 6.83. The molecule has 0 amide bonds. The molecule has 0 radical (unpaired) electrons. The lowest BCUT2D eigenvalue weighted by Crippen LogP contribution is -2.34. The third kappa shape index (κ3) is 3.02. The Kier molecular flexibility index (Phi) is 3.72. The number of aromatic nitrogens is 1. The second-order valence-electron chi connectivity index (χ2n) is 5.94. The lowest BCUT2D eigenvalue weighted by Gasteiger charge is -2.23. The van der Waals surface area contributed by atoms with Crippen LogP contribution in [0.3, 0.4) is 0 Å². The summed E-state index contributed by atoms with van der Waals surface area (Å²) in [5.74, 6) is 0. The first-order valence-electron chi connectivity index (χ1n) is 6.83. The number of nitrogens with zero attached hydrogens (tertiary/aromatic N) is 2. The lowest BCUT2D eigenvalue weighted by atomic mass is 10.1. The molecule has 0 atom stereocenters. The summed E-state index contributed by atoms with van der Waals surface area (Å²) in [4.78, 5) is 0. The van der Waals surface area contributed by atoms with E-state index < -0.39 is 0 Å². The van der Waals surface area contributed by atoms with E-state index in [1.54, 1.807) is 0 Å². The van der Waals surface area contributed by atoms with Crippen LogP contribution in [0.15, 0.2) is 42.6 Å². The lowest BCUT2D eigenvalue weighted by molar-refractivity contribution is -0.660. The van der Waals surface area contributed by atoms with Crippen molar-refractivity contribution in [3.8, 4) is 11.3 Å². The smallest absolute Gasteiger partial charge is 0.212 e. The highest BCUT2D eigenvalue weighted by Crippen LogP contribution is 2.22. The maximum absolute atomic E-state index is 2.28. The van der Waals surface area contributed by atoms with E-state index in [0.29, 0.717) is 0 Å².